The zero-order valence-electron chi connectivity index (χ0n) is 16.3. The van der Waals surface area contributed by atoms with Crippen LogP contribution in [-0.4, -0.2) is 4.98 Å². The molecule has 0 aliphatic rings. The van der Waals surface area contributed by atoms with Crippen LogP contribution in [0.3, 0.4) is 0 Å². The Morgan fingerprint density at radius 3 is 2.38 bits per heavy atom. The lowest BCUT2D eigenvalue weighted by Gasteiger charge is -2.07. The topological polar surface area (TPSA) is 39.2 Å². The van der Waals surface area contributed by atoms with Gasteiger partial charge in [-0.1, -0.05) is 44.2 Å². The molecule has 0 radical (unpaired) electrons. The number of benzene rings is 3. The van der Waals surface area contributed by atoms with Crippen molar-refractivity contribution in [2.24, 2.45) is 0 Å². The number of fused-ring (bicyclic) bond motifs is 6. The van der Waals surface area contributed by atoms with Crippen LogP contribution in [0.5, 0.6) is 0 Å². The van der Waals surface area contributed by atoms with E-state index < -0.39 is 0 Å². The van der Waals surface area contributed by atoms with E-state index in [-0.39, 0.29) is 0 Å². The third kappa shape index (κ3) is 2.40. The van der Waals surface area contributed by atoms with Crippen molar-refractivity contribution in [3.63, 3.8) is 0 Å². The summed E-state index contributed by atoms with van der Waals surface area (Å²) in [4.78, 5) is 4.62. The predicted molar refractivity (Wildman–Crippen MR) is 118 cm³/mol. The molecule has 140 valence electrons. The molecule has 6 aromatic rings. The second-order valence-electron chi connectivity index (χ2n) is 7.86. The Balaban J connectivity index is 1.65. The highest BCUT2D eigenvalue weighted by Gasteiger charge is 2.16. The van der Waals surface area contributed by atoms with Crippen LogP contribution >= 0.6 is 0 Å². The Bertz CT molecular complexity index is 1530. The molecule has 0 N–H and O–H groups in total. The highest BCUT2D eigenvalue weighted by Crippen LogP contribution is 2.39. The number of para-hydroxylation sites is 2. The molecule has 0 saturated heterocycles. The largest absolute Gasteiger partial charge is 0.456 e. The van der Waals surface area contributed by atoms with Gasteiger partial charge in [-0.05, 0) is 41.8 Å². The first-order chi connectivity index (χ1) is 14.2. The van der Waals surface area contributed by atoms with E-state index in [1.165, 1.54) is 5.56 Å². The molecule has 0 aliphatic heterocycles. The summed E-state index contributed by atoms with van der Waals surface area (Å²) >= 11 is 0. The van der Waals surface area contributed by atoms with Gasteiger partial charge in [-0.15, -0.1) is 0 Å². The van der Waals surface area contributed by atoms with Crippen molar-refractivity contribution >= 4 is 43.9 Å². The predicted octanol–water partition coefficient (Wildman–Crippen LogP) is 7.67. The SMILES string of the molecule is CC(C)c1ccnc(-c2cccc3c2oc2cc4oc5ccccc5c4cc23)c1. The van der Waals surface area contributed by atoms with Gasteiger partial charge in [-0.2, -0.15) is 0 Å². The zero-order chi connectivity index (χ0) is 19.5. The van der Waals surface area contributed by atoms with Gasteiger partial charge in [0.05, 0.1) is 5.69 Å². The normalized spacial score (nSPS) is 12.1. The molecule has 3 heterocycles. The number of hydrogen-bond donors (Lipinski definition) is 0. The smallest absolute Gasteiger partial charge is 0.144 e. The maximum Gasteiger partial charge on any atom is 0.144 e. The van der Waals surface area contributed by atoms with E-state index in [1.54, 1.807) is 0 Å². The molecule has 6 rings (SSSR count). The van der Waals surface area contributed by atoms with Crippen LogP contribution in [0.25, 0.3) is 55.1 Å². The van der Waals surface area contributed by atoms with Gasteiger partial charge >= 0.3 is 0 Å². The number of rotatable bonds is 2. The van der Waals surface area contributed by atoms with Crippen LogP contribution in [0, 0.1) is 0 Å². The Morgan fingerprint density at radius 2 is 1.48 bits per heavy atom. The third-order valence-electron chi connectivity index (χ3n) is 5.72. The van der Waals surface area contributed by atoms with E-state index in [2.05, 4.69) is 61.3 Å². The van der Waals surface area contributed by atoms with Crippen molar-refractivity contribution in [2.75, 3.05) is 0 Å². The van der Waals surface area contributed by atoms with Crippen LogP contribution < -0.4 is 0 Å². The summed E-state index contributed by atoms with van der Waals surface area (Å²) in [5.74, 6) is 0.451. The summed E-state index contributed by atoms with van der Waals surface area (Å²) in [5.41, 5.74) is 6.67. The minimum atomic E-state index is 0.451. The molecule has 0 aliphatic carbocycles. The van der Waals surface area contributed by atoms with Crippen molar-refractivity contribution < 1.29 is 8.83 Å². The molecular formula is C26H19NO2. The van der Waals surface area contributed by atoms with Crippen LogP contribution in [0.1, 0.15) is 25.3 Å². The first-order valence-corrected chi connectivity index (χ1v) is 9.92. The first-order valence-electron chi connectivity index (χ1n) is 9.92. The Hall–Kier alpha value is -3.59. The molecule has 0 fully saturated rings. The van der Waals surface area contributed by atoms with Crippen molar-refractivity contribution in [1.82, 2.24) is 4.98 Å². The van der Waals surface area contributed by atoms with Crippen molar-refractivity contribution in [3.8, 4) is 11.3 Å². The molecule has 0 spiro atoms. The summed E-state index contributed by atoms with van der Waals surface area (Å²) in [7, 11) is 0. The second-order valence-corrected chi connectivity index (χ2v) is 7.86. The maximum absolute atomic E-state index is 6.34. The number of aromatic nitrogens is 1. The van der Waals surface area contributed by atoms with Gasteiger partial charge in [0.15, 0.2) is 0 Å². The van der Waals surface area contributed by atoms with Gasteiger partial charge in [-0.25, -0.2) is 0 Å². The molecule has 0 saturated carbocycles. The highest BCUT2D eigenvalue weighted by molar-refractivity contribution is 6.16. The van der Waals surface area contributed by atoms with Gasteiger partial charge in [0.1, 0.15) is 22.3 Å². The van der Waals surface area contributed by atoms with Crippen LogP contribution in [0.4, 0.5) is 0 Å². The van der Waals surface area contributed by atoms with Crippen molar-refractivity contribution in [1.29, 1.82) is 0 Å². The first kappa shape index (κ1) is 16.4. The lowest BCUT2D eigenvalue weighted by molar-refractivity contribution is 0.656. The highest BCUT2D eigenvalue weighted by atomic mass is 16.3. The molecule has 3 heteroatoms. The quantitative estimate of drug-likeness (QED) is 0.311. The molecule has 0 unspecified atom stereocenters. The van der Waals surface area contributed by atoms with E-state index in [1.807, 2.05) is 30.5 Å². The maximum atomic E-state index is 6.34. The van der Waals surface area contributed by atoms with Crippen LogP contribution in [0.2, 0.25) is 0 Å². The van der Waals surface area contributed by atoms with Gasteiger partial charge in [0, 0.05) is 39.4 Å². The molecule has 0 bridgehead atoms. The number of furan rings is 2. The fourth-order valence-electron chi connectivity index (χ4n) is 4.17. The Labute approximate surface area is 167 Å². The molecular weight excluding hydrogens is 358 g/mol. The fraction of sp³-hybridized carbons (Fsp3) is 0.115. The minimum Gasteiger partial charge on any atom is -0.456 e. The summed E-state index contributed by atoms with van der Waals surface area (Å²) < 4.78 is 12.4. The van der Waals surface area contributed by atoms with Crippen LogP contribution in [-0.2, 0) is 0 Å². The third-order valence-corrected chi connectivity index (χ3v) is 5.72. The molecule has 29 heavy (non-hydrogen) atoms. The number of hydrogen-bond acceptors (Lipinski definition) is 3. The van der Waals surface area contributed by atoms with Gasteiger partial charge in [-0.3, -0.25) is 4.98 Å². The number of nitrogens with zero attached hydrogens (tertiary/aromatic N) is 1. The lowest BCUT2D eigenvalue weighted by Crippen LogP contribution is -1.90. The summed E-state index contributed by atoms with van der Waals surface area (Å²) in [5, 5.41) is 4.43. The molecule has 0 atom stereocenters. The average molecular weight is 377 g/mol. The van der Waals surface area contributed by atoms with Gasteiger partial charge < -0.3 is 8.83 Å². The lowest BCUT2D eigenvalue weighted by atomic mass is 10.0. The zero-order valence-corrected chi connectivity index (χ0v) is 16.3. The molecule has 3 nitrogen and oxygen atoms in total. The van der Waals surface area contributed by atoms with Gasteiger partial charge in [0.2, 0.25) is 0 Å². The molecule has 0 amide bonds. The Morgan fingerprint density at radius 1 is 0.690 bits per heavy atom. The van der Waals surface area contributed by atoms with E-state index in [0.29, 0.717) is 5.92 Å². The summed E-state index contributed by atoms with van der Waals surface area (Å²) in [6.07, 6.45) is 1.88. The standard InChI is InChI=1S/C26H19NO2/c1-15(2)16-10-11-27-22(12-16)19-8-5-7-18-21-13-20-17-6-3-4-9-23(17)28-24(20)14-25(21)29-26(18)19/h3-15H,1-2H3. The fourth-order valence-corrected chi connectivity index (χ4v) is 4.17. The number of pyridine rings is 1. The van der Waals surface area contributed by atoms with Gasteiger partial charge in [0.25, 0.3) is 0 Å². The summed E-state index contributed by atoms with van der Waals surface area (Å²) in [6, 6.07) is 22.8. The summed E-state index contributed by atoms with van der Waals surface area (Å²) in [6.45, 7) is 4.39. The minimum absolute atomic E-state index is 0.451. The van der Waals surface area contributed by atoms with Crippen molar-refractivity contribution in [2.45, 2.75) is 19.8 Å². The van der Waals surface area contributed by atoms with Crippen molar-refractivity contribution in [3.05, 3.63) is 78.5 Å². The van der Waals surface area contributed by atoms with E-state index in [4.69, 9.17) is 8.83 Å². The average Bonchev–Trinajstić information content (AvgIpc) is 3.29. The Kier molecular flexibility index (Phi) is 3.36. The van der Waals surface area contributed by atoms with E-state index >= 15 is 0 Å². The second kappa shape index (κ2) is 5.95. The van der Waals surface area contributed by atoms with E-state index in [0.717, 1.165) is 55.1 Å². The monoisotopic (exact) mass is 377 g/mol. The van der Waals surface area contributed by atoms with Crippen LogP contribution in [0.15, 0.2) is 81.8 Å². The van der Waals surface area contributed by atoms with E-state index in [9.17, 15) is 0 Å². The molecule has 3 aromatic carbocycles. The molecule has 3 aromatic heterocycles.